The number of para-hydroxylation sites is 1. The van der Waals surface area contributed by atoms with Crippen molar-refractivity contribution in [1.82, 2.24) is 24.6 Å². The number of hydrogen-bond acceptors (Lipinski definition) is 3. The summed E-state index contributed by atoms with van der Waals surface area (Å²) in [5.41, 5.74) is 6.27. The van der Waals surface area contributed by atoms with E-state index in [0.29, 0.717) is 6.54 Å². The van der Waals surface area contributed by atoms with Crippen molar-refractivity contribution in [3.63, 3.8) is 0 Å². The molecule has 0 radical (unpaired) electrons. The molecule has 2 aromatic heterocycles. The summed E-state index contributed by atoms with van der Waals surface area (Å²) in [6.07, 6.45) is 6.55. The molecule has 2 aliphatic rings. The van der Waals surface area contributed by atoms with Gasteiger partial charge in [0.05, 0.1) is 29.7 Å². The average molecular weight is 495 g/mol. The first-order valence-corrected chi connectivity index (χ1v) is 13.2. The maximum atomic E-state index is 14.0. The van der Waals surface area contributed by atoms with Crippen molar-refractivity contribution in [3.8, 4) is 11.5 Å². The summed E-state index contributed by atoms with van der Waals surface area (Å²) in [4.78, 5) is 18.1. The summed E-state index contributed by atoms with van der Waals surface area (Å²) in [5, 5.41) is 8.30. The second-order valence-corrected chi connectivity index (χ2v) is 10.4. The maximum Gasteiger partial charge on any atom is 0.318 e. The minimum Gasteiger partial charge on any atom is -0.378 e. The van der Waals surface area contributed by atoms with Gasteiger partial charge >= 0.3 is 6.03 Å². The van der Waals surface area contributed by atoms with Crippen molar-refractivity contribution < 1.29 is 4.79 Å². The van der Waals surface area contributed by atoms with Crippen molar-refractivity contribution in [2.75, 3.05) is 19.0 Å². The van der Waals surface area contributed by atoms with E-state index in [9.17, 15) is 4.79 Å². The van der Waals surface area contributed by atoms with Crippen molar-refractivity contribution in [2.45, 2.75) is 51.2 Å². The standard InChI is InChI=1S/C30H34N6O/c1-21-26-20-35(30(37)31-23-10-7-8-11-23)28(22-15-17-24(18-16-22)33(2)3)27-14-9-19-34(27)29(26)36(32-21)25-12-5-4-6-13-25/h4-6,9,12-19,23,28H,7-8,10-11,20H2,1-3H3,(H,31,37)/t28-/m1/s1. The summed E-state index contributed by atoms with van der Waals surface area (Å²) in [6.45, 7) is 2.52. The quantitative estimate of drug-likeness (QED) is 0.402. The first-order chi connectivity index (χ1) is 18.0. The Kier molecular flexibility index (Phi) is 5.99. The number of carbonyl (C=O) groups excluding carboxylic acids is 1. The fourth-order valence-electron chi connectivity index (χ4n) is 5.78. The number of benzene rings is 2. The molecule has 0 spiro atoms. The van der Waals surface area contributed by atoms with Gasteiger partial charge in [0.2, 0.25) is 0 Å². The monoisotopic (exact) mass is 494 g/mol. The molecule has 1 fully saturated rings. The fourth-order valence-corrected chi connectivity index (χ4v) is 5.78. The SMILES string of the molecule is Cc1nn(-c2ccccc2)c2c1CN(C(=O)NC1CCCC1)[C@H](c1ccc(N(C)C)cc1)c1cccn1-2. The van der Waals surface area contributed by atoms with Crippen LogP contribution in [-0.4, -0.2) is 45.4 Å². The van der Waals surface area contributed by atoms with E-state index in [0.717, 1.165) is 52.5 Å². The zero-order valence-electron chi connectivity index (χ0n) is 21.8. The van der Waals surface area contributed by atoms with Gasteiger partial charge in [0.25, 0.3) is 0 Å². The number of anilines is 1. The van der Waals surface area contributed by atoms with E-state index in [4.69, 9.17) is 5.10 Å². The molecule has 1 aliphatic carbocycles. The lowest BCUT2D eigenvalue weighted by Crippen LogP contribution is -2.45. The van der Waals surface area contributed by atoms with Gasteiger partial charge in [0.15, 0.2) is 0 Å². The molecule has 2 aromatic carbocycles. The number of fused-ring (bicyclic) bond motifs is 3. The van der Waals surface area contributed by atoms with Gasteiger partial charge in [-0.1, -0.05) is 43.2 Å². The van der Waals surface area contributed by atoms with Crippen LogP contribution in [0.5, 0.6) is 0 Å². The molecular formula is C30H34N6O. The van der Waals surface area contributed by atoms with Crippen LogP contribution >= 0.6 is 0 Å². The molecule has 7 nitrogen and oxygen atoms in total. The van der Waals surface area contributed by atoms with Crippen molar-refractivity contribution in [2.24, 2.45) is 0 Å². The normalized spacial score (nSPS) is 17.3. The number of carbonyl (C=O) groups is 1. The van der Waals surface area contributed by atoms with Crippen LogP contribution in [0, 0.1) is 6.92 Å². The lowest BCUT2D eigenvalue weighted by molar-refractivity contribution is 0.176. The third kappa shape index (κ3) is 4.18. The number of nitrogens with one attached hydrogen (secondary N) is 1. The van der Waals surface area contributed by atoms with Gasteiger partial charge in [-0.05, 0) is 61.7 Å². The molecule has 37 heavy (non-hydrogen) atoms. The molecule has 2 amide bonds. The van der Waals surface area contributed by atoms with Crippen LogP contribution in [0.25, 0.3) is 11.5 Å². The highest BCUT2D eigenvalue weighted by atomic mass is 16.2. The number of amides is 2. The van der Waals surface area contributed by atoms with E-state index in [2.05, 4.69) is 69.5 Å². The molecule has 0 bridgehead atoms. The Bertz CT molecular complexity index is 1400. The molecule has 1 aliphatic heterocycles. The van der Waals surface area contributed by atoms with Gasteiger partial charge in [-0.25, -0.2) is 9.48 Å². The third-order valence-corrected chi connectivity index (χ3v) is 7.76. The predicted octanol–water partition coefficient (Wildman–Crippen LogP) is 5.59. The lowest BCUT2D eigenvalue weighted by atomic mass is 10.0. The first-order valence-electron chi connectivity index (χ1n) is 13.2. The van der Waals surface area contributed by atoms with Crippen LogP contribution in [0.4, 0.5) is 10.5 Å². The van der Waals surface area contributed by atoms with Crippen LogP contribution in [0.15, 0.2) is 72.9 Å². The van der Waals surface area contributed by atoms with Crippen molar-refractivity contribution >= 4 is 11.7 Å². The molecular weight excluding hydrogens is 460 g/mol. The van der Waals surface area contributed by atoms with Gasteiger partial charge in [-0.3, -0.25) is 0 Å². The van der Waals surface area contributed by atoms with E-state index < -0.39 is 0 Å². The van der Waals surface area contributed by atoms with E-state index in [-0.39, 0.29) is 18.1 Å². The highest BCUT2D eigenvalue weighted by Crippen LogP contribution is 2.39. The molecule has 6 rings (SSSR count). The summed E-state index contributed by atoms with van der Waals surface area (Å²) in [6, 6.07) is 23.0. The Balaban J connectivity index is 1.51. The van der Waals surface area contributed by atoms with Gasteiger partial charge < -0.3 is 19.7 Å². The van der Waals surface area contributed by atoms with Crippen LogP contribution in [0.1, 0.15) is 54.2 Å². The van der Waals surface area contributed by atoms with Gasteiger partial charge in [-0.2, -0.15) is 5.10 Å². The maximum absolute atomic E-state index is 14.0. The molecule has 1 atom stereocenters. The predicted molar refractivity (Wildman–Crippen MR) is 147 cm³/mol. The van der Waals surface area contributed by atoms with Crippen molar-refractivity contribution in [3.05, 3.63) is 95.4 Å². The van der Waals surface area contributed by atoms with Crippen LogP contribution in [0.3, 0.4) is 0 Å². The van der Waals surface area contributed by atoms with Crippen molar-refractivity contribution in [1.29, 1.82) is 0 Å². The number of urea groups is 1. The van der Waals surface area contributed by atoms with E-state index in [1.807, 2.05) is 48.8 Å². The molecule has 1 saturated carbocycles. The number of rotatable bonds is 4. The van der Waals surface area contributed by atoms with Crippen LogP contribution in [-0.2, 0) is 6.54 Å². The highest BCUT2D eigenvalue weighted by Gasteiger charge is 2.36. The van der Waals surface area contributed by atoms with Gasteiger partial charge in [0, 0.05) is 37.6 Å². The smallest absolute Gasteiger partial charge is 0.318 e. The number of hydrogen-bond donors (Lipinski definition) is 1. The zero-order chi connectivity index (χ0) is 25.5. The lowest BCUT2D eigenvalue weighted by Gasteiger charge is -2.32. The summed E-state index contributed by atoms with van der Waals surface area (Å²) in [5.74, 6) is 0.995. The Hall–Kier alpha value is -4.00. The average Bonchev–Trinajstić information content (AvgIpc) is 3.64. The van der Waals surface area contributed by atoms with Gasteiger partial charge in [0.1, 0.15) is 5.82 Å². The van der Waals surface area contributed by atoms with E-state index in [1.165, 1.54) is 12.8 Å². The first kappa shape index (κ1) is 23.4. The molecule has 3 heterocycles. The van der Waals surface area contributed by atoms with Crippen LogP contribution < -0.4 is 10.2 Å². The third-order valence-electron chi connectivity index (χ3n) is 7.76. The minimum absolute atomic E-state index is 0.0129. The topological polar surface area (TPSA) is 58.3 Å². The van der Waals surface area contributed by atoms with Gasteiger partial charge in [-0.15, -0.1) is 0 Å². The number of nitrogens with zero attached hydrogens (tertiary/aromatic N) is 5. The highest BCUT2D eigenvalue weighted by molar-refractivity contribution is 5.76. The number of aryl methyl sites for hydroxylation is 1. The molecule has 190 valence electrons. The Labute approximate surface area is 218 Å². The molecule has 0 unspecified atom stereocenters. The summed E-state index contributed by atoms with van der Waals surface area (Å²) in [7, 11) is 4.09. The molecule has 7 heteroatoms. The Morgan fingerprint density at radius 2 is 1.70 bits per heavy atom. The molecule has 0 saturated heterocycles. The Morgan fingerprint density at radius 1 is 0.973 bits per heavy atom. The molecule has 4 aromatic rings. The fraction of sp³-hybridized carbons (Fsp3) is 0.333. The zero-order valence-corrected chi connectivity index (χ0v) is 21.8. The summed E-state index contributed by atoms with van der Waals surface area (Å²) >= 11 is 0. The number of aromatic nitrogens is 3. The second kappa shape index (κ2) is 9.47. The largest absolute Gasteiger partial charge is 0.378 e. The minimum atomic E-state index is -0.233. The molecule has 1 N–H and O–H groups in total. The summed E-state index contributed by atoms with van der Waals surface area (Å²) < 4.78 is 4.23. The van der Waals surface area contributed by atoms with E-state index >= 15 is 0 Å². The Morgan fingerprint density at radius 3 is 2.41 bits per heavy atom. The van der Waals surface area contributed by atoms with E-state index in [1.54, 1.807) is 0 Å². The second-order valence-electron chi connectivity index (χ2n) is 10.4. The van der Waals surface area contributed by atoms with Crippen LogP contribution in [0.2, 0.25) is 0 Å².